The Bertz CT molecular complexity index is 506. The van der Waals surface area contributed by atoms with Gasteiger partial charge < -0.3 is 15.0 Å². The van der Waals surface area contributed by atoms with Gasteiger partial charge in [0, 0.05) is 37.3 Å². The van der Waals surface area contributed by atoms with Gasteiger partial charge in [-0.15, -0.1) is 0 Å². The van der Waals surface area contributed by atoms with Crippen LogP contribution >= 0.6 is 0 Å². The molecule has 1 aliphatic rings. The molecule has 4 nitrogen and oxygen atoms in total. The molecule has 0 saturated carbocycles. The van der Waals surface area contributed by atoms with Crippen molar-refractivity contribution in [2.24, 2.45) is 0 Å². The van der Waals surface area contributed by atoms with Gasteiger partial charge in [-0.3, -0.25) is 4.79 Å². The lowest BCUT2D eigenvalue weighted by molar-refractivity contribution is 0.0801. The number of benzene rings is 1. The van der Waals surface area contributed by atoms with Gasteiger partial charge in [0.15, 0.2) is 0 Å². The molecule has 4 heteroatoms. The van der Waals surface area contributed by atoms with E-state index in [9.17, 15) is 4.79 Å². The molecule has 1 saturated heterocycles. The van der Waals surface area contributed by atoms with Crippen LogP contribution in [0.3, 0.4) is 0 Å². The molecule has 22 heavy (non-hydrogen) atoms. The average Bonchev–Trinajstić information content (AvgIpc) is 2.48. The van der Waals surface area contributed by atoms with Crippen molar-refractivity contribution in [1.29, 1.82) is 0 Å². The van der Waals surface area contributed by atoms with Crippen molar-refractivity contribution in [3.05, 3.63) is 35.4 Å². The van der Waals surface area contributed by atoms with E-state index in [1.807, 2.05) is 24.3 Å². The Hall–Kier alpha value is -1.39. The van der Waals surface area contributed by atoms with Crippen molar-refractivity contribution in [1.82, 2.24) is 10.2 Å². The van der Waals surface area contributed by atoms with Crippen LogP contribution in [0.2, 0.25) is 0 Å². The standard InChI is InChI=1S/C18H28N2O2/c1-14(2)20-10-8-18(3,9-11-20)19-17(21)16-7-5-6-15(12-16)13-22-4/h5-7,12,14H,8-11,13H2,1-4H3,(H,19,21). The van der Waals surface area contributed by atoms with E-state index in [4.69, 9.17) is 4.74 Å². The maximum Gasteiger partial charge on any atom is 0.251 e. The van der Waals surface area contributed by atoms with Gasteiger partial charge in [0.25, 0.3) is 5.91 Å². The van der Waals surface area contributed by atoms with Gasteiger partial charge in [0.1, 0.15) is 0 Å². The van der Waals surface area contributed by atoms with E-state index in [0.29, 0.717) is 18.2 Å². The second kappa shape index (κ2) is 7.25. The maximum absolute atomic E-state index is 12.5. The molecule has 1 heterocycles. The Kier molecular flexibility index (Phi) is 5.59. The number of amides is 1. The number of likely N-dealkylation sites (tertiary alicyclic amines) is 1. The number of carbonyl (C=O) groups excluding carboxylic acids is 1. The van der Waals surface area contributed by atoms with Crippen LogP contribution < -0.4 is 5.32 Å². The fourth-order valence-corrected chi connectivity index (χ4v) is 2.97. The van der Waals surface area contributed by atoms with Crippen LogP contribution in [0.25, 0.3) is 0 Å². The fraction of sp³-hybridized carbons (Fsp3) is 0.611. The molecule has 0 aliphatic carbocycles. The predicted molar refractivity (Wildman–Crippen MR) is 89.0 cm³/mol. The van der Waals surface area contributed by atoms with Crippen molar-refractivity contribution < 1.29 is 9.53 Å². The lowest BCUT2D eigenvalue weighted by Gasteiger charge is -2.41. The first-order chi connectivity index (χ1) is 10.4. The van der Waals surface area contributed by atoms with Crippen LogP contribution in [0.15, 0.2) is 24.3 Å². The minimum atomic E-state index is -0.111. The molecular weight excluding hydrogens is 276 g/mol. The number of ether oxygens (including phenoxy) is 1. The summed E-state index contributed by atoms with van der Waals surface area (Å²) in [6.45, 7) is 9.21. The van der Waals surface area contributed by atoms with Gasteiger partial charge in [-0.2, -0.15) is 0 Å². The fourth-order valence-electron chi connectivity index (χ4n) is 2.97. The number of rotatable bonds is 5. The van der Waals surface area contributed by atoms with Gasteiger partial charge in [0.05, 0.1) is 6.61 Å². The highest BCUT2D eigenvalue weighted by atomic mass is 16.5. The molecule has 1 fully saturated rings. The number of hydrogen-bond donors (Lipinski definition) is 1. The van der Waals surface area contributed by atoms with Crippen LogP contribution in [0.4, 0.5) is 0 Å². The first kappa shape index (κ1) is 17.0. The second-order valence-corrected chi connectivity index (χ2v) is 6.78. The summed E-state index contributed by atoms with van der Waals surface area (Å²) in [4.78, 5) is 15.0. The normalized spacial score (nSPS) is 18.4. The van der Waals surface area contributed by atoms with E-state index in [0.717, 1.165) is 31.5 Å². The Balaban J connectivity index is 1.98. The number of nitrogens with zero attached hydrogens (tertiary/aromatic N) is 1. The summed E-state index contributed by atoms with van der Waals surface area (Å²) in [7, 11) is 1.66. The van der Waals surface area contributed by atoms with Crippen molar-refractivity contribution in [2.75, 3.05) is 20.2 Å². The SMILES string of the molecule is COCc1cccc(C(=O)NC2(C)CCN(C(C)C)CC2)c1. The van der Waals surface area contributed by atoms with Gasteiger partial charge in [0.2, 0.25) is 0 Å². The third-order valence-electron chi connectivity index (χ3n) is 4.55. The minimum Gasteiger partial charge on any atom is -0.380 e. The van der Waals surface area contributed by atoms with Gasteiger partial charge in [-0.1, -0.05) is 12.1 Å². The summed E-state index contributed by atoms with van der Waals surface area (Å²) >= 11 is 0. The Morgan fingerprint density at radius 3 is 2.64 bits per heavy atom. The minimum absolute atomic E-state index is 0.0125. The molecule has 0 spiro atoms. The van der Waals surface area contributed by atoms with Crippen LogP contribution in [0, 0.1) is 0 Å². The summed E-state index contributed by atoms with van der Waals surface area (Å²) in [5.41, 5.74) is 1.62. The zero-order chi connectivity index (χ0) is 16.2. The Morgan fingerprint density at radius 2 is 2.05 bits per heavy atom. The van der Waals surface area contributed by atoms with E-state index in [-0.39, 0.29) is 11.4 Å². The number of nitrogens with one attached hydrogen (secondary N) is 1. The topological polar surface area (TPSA) is 41.6 Å². The van der Waals surface area contributed by atoms with Crippen molar-refractivity contribution in [2.45, 2.75) is 51.8 Å². The molecule has 122 valence electrons. The molecular formula is C18H28N2O2. The lowest BCUT2D eigenvalue weighted by atomic mass is 9.88. The third kappa shape index (κ3) is 4.31. The van der Waals surface area contributed by atoms with Crippen LogP contribution in [0.5, 0.6) is 0 Å². The van der Waals surface area contributed by atoms with Gasteiger partial charge in [-0.05, 0) is 51.3 Å². The van der Waals surface area contributed by atoms with Crippen LogP contribution in [-0.2, 0) is 11.3 Å². The van der Waals surface area contributed by atoms with Crippen molar-refractivity contribution in [3.8, 4) is 0 Å². The van der Waals surface area contributed by atoms with Crippen LogP contribution in [-0.4, -0.2) is 42.6 Å². The van der Waals surface area contributed by atoms with Gasteiger partial charge in [-0.25, -0.2) is 0 Å². The number of piperidine rings is 1. The summed E-state index contributed by atoms with van der Waals surface area (Å²) in [6, 6.07) is 8.23. The second-order valence-electron chi connectivity index (χ2n) is 6.78. The summed E-state index contributed by atoms with van der Waals surface area (Å²) in [5, 5.41) is 3.23. The molecule has 1 N–H and O–H groups in total. The quantitative estimate of drug-likeness (QED) is 0.909. The highest BCUT2D eigenvalue weighted by molar-refractivity contribution is 5.94. The van der Waals surface area contributed by atoms with Crippen LogP contribution in [0.1, 0.15) is 49.5 Å². The van der Waals surface area contributed by atoms with Gasteiger partial charge >= 0.3 is 0 Å². The maximum atomic E-state index is 12.5. The third-order valence-corrected chi connectivity index (χ3v) is 4.55. The largest absolute Gasteiger partial charge is 0.380 e. The molecule has 0 bridgehead atoms. The average molecular weight is 304 g/mol. The molecule has 0 radical (unpaired) electrons. The molecule has 0 aromatic heterocycles. The number of methoxy groups -OCH3 is 1. The van der Waals surface area contributed by atoms with E-state index in [1.54, 1.807) is 7.11 Å². The molecule has 1 aromatic rings. The zero-order valence-corrected chi connectivity index (χ0v) is 14.2. The highest BCUT2D eigenvalue weighted by Crippen LogP contribution is 2.23. The van der Waals surface area contributed by atoms with E-state index in [1.165, 1.54) is 0 Å². The molecule has 1 amide bonds. The molecule has 0 unspecified atom stereocenters. The summed E-state index contributed by atoms with van der Waals surface area (Å²) in [6.07, 6.45) is 1.99. The molecule has 1 aromatic carbocycles. The monoisotopic (exact) mass is 304 g/mol. The Morgan fingerprint density at radius 1 is 1.36 bits per heavy atom. The Labute approximate surface area is 133 Å². The first-order valence-corrected chi connectivity index (χ1v) is 8.08. The predicted octanol–water partition coefficient (Wildman–Crippen LogP) is 2.83. The number of carbonyl (C=O) groups is 1. The number of hydrogen-bond acceptors (Lipinski definition) is 3. The lowest BCUT2D eigenvalue weighted by Crippen LogP contribution is -2.54. The van der Waals surface area contributed by atoms with E-state index in [2.05, 4.69) is 31.0 Å². The smallest absolute Gasteiger partial charge is 0.251 e. The zero-order valence-electron chi connectivity index (χ0n) is 14.2. The molecule has 1 aliphatic heterocycles. The van der Waals surface area contributed by atoms with Crippen molar-refractivity contribution in [3.63, 3.8) is 0 Å². The van der Waals surface area contributed by atoms with E-state index >= 15 is 0 Å². The van der Waals surface area contributed by atoms with Crippen molar-refractivity contribution >= 4 is 5.91 Å². The molecule has 0 atom stereocenters. The van der Waals surface area contributed by atoms with E-state index < -0.39 is 0 Å². The summed E-state index contributed by atoms with van der Waals surface area (Å²) in [5.74, 6) is 0.0125. The first-order valence-electron chi connectivity index (χ1n) is 8.08. The summed E-state index contributed by atoms with van der Waals surface area (Å²) < 4.78 is 5.13. The highest BCUT2D eigenvalue weighted by Gasteiger charge is 2.32. The molecule has 2 rings (SSSR count).